The van der Waals surface area contributed by atoms with Crippen molar-refractivity contribution >= 4 is 28.0 Å². The number of hydrogen-bond donors (Lipinski definition) is 1. The Kier molecular flexibility index (Phi) is 3.77. The number of rotatable bonds is 3. The molecule has 0 atom stereocenters. The highest BCUT2D eigenvalue weighted by Gasteiger charge is 2.16. The van der Waals surface area contributed by atoms with Crippen molar-refractivity contribution in [3.05, 3.63) is 64.9 Å². The van der Waals surface area contributed by atoms with Crippen LogP contribution >= 0.6 is 11.3 Å². The highest BCUT2D eigenvalue weighted by atomic mass is 32.1. The van der Waals surface area contributed by atoms with E-state index in [-0.39, 0.29) is 5.91 Å². The van der Waals surface area contributed by atoms with Crippen LogP contribution in [0.15, 0.2) is 48.9 Å². The fourth-order valence-electron chi connectivity index (χ4n) is 2.59. The van der Waals surface area contributed by atoms with Gasteiger partial charge in [-0.2, -0.15) is 5.10 Å². The topological polar surface area (TPSA) is 72.2 Å². The number of amides is 1. The molecule has 0 aliphatic carbocycles. The average molecular weight is 349 g/mol. The summed E-state index contributed by atoms with van der Waals surface area (Å²) in [5, 5.41) is 7.65. The molecule has 3 heterocycles. The fourth-order valence-corrected chi connectivity index (χ4v) is 3.25. The molecule has 0 radical (unpaired) electrons. The number of nitrogens with one attached hydrogen (secondary N) is 1. The van der Waals surface area contributed by atoms with Gasteiger partial charge in [0.05, 0.1) is 17.5 Å². The van der Waals surface area contributed by atoms with E-state index in [4.69, 9.17) is 0 Å². The highest BCUT2D eigenvalue weighted by Crippen LogP contribution is 2.22. The molecule has 6 nitrogen and oxygen atoms in total. The van der Waals surface area contributed by atoms with Crippen LogP contribution in [0.2, 0.25) is 0 Å². The quantitative estimate of drug-likeness (QED) is 0.612. The van der Waals surface area contributed by atoms with Crippen molar-refractivity contribution in [1.82, 2.24) is 19.6 Å². The molecule has 1 aromatic carbocycles. The first-order chi connectivity index (χ1) is 12.1. The predicted molar refractivity (Wildman–Crippen MR) is 98.0 cm³/mol. The van der Waals surface area contributed by atoms with Crippen LogP contribution in [0.3, 0.4) is 0 Å². The molecule has 3 aromatic heterocycles. The number of thiazole rings is 1. The van der Waals surface area contributed by atoms with Crippen LogP contribution in [-0.4, -0.2) is 25.5 Å². The van der Waals surface area contributed by atoms with Crippen LogP contribution in [0.1, 0.15) is 20.8 Å². The van der Waals surface area contributed by atoms with Gasteiger partial charge in [-0.25, -0.2) is 14.5 Å². The van der Waals surface area contributed by atoms with Crippen molar-refractivity contribution in [2.45, 2.75) is 13.8 Å². The van der Waals surface area contributed by atoms with Crippen molar-refractivity contribution in [3.63, 3.8) is 0 Å². The Hall–Kier alpha value is -3.06. The van der Waals surface area contributed by atoms with Gasteiger partial charge in [0.1, 0.15) is 0 Å². The molecule has 1 amide bonds. The van der Waals surface area contributed by atoms with Crippen molar-refractivity contribution in [2.75, 3.05) is 5.32 Å². The van der Waals surface area contributed by atoms with Gasteiger partial charge in [0.15, 0.2) is 10.8 Å². The summed E-state index contributed by atoms with van der Waals surface area (Å²) in [4.78, 5) is 22.4. The van der Waals surface area contributed by atoms with Gasteiger partial charge in [-0.05, 0) is 26.0 Å². The normalized spacial score (nSPS) is 11.0. The van der Waals surface area contributed by atoms with E-state index in [1.54, 1.807) is 23.0 Å². The Morgan fingerprint density at radius 1 is 1.24 bits per heavy atom. The van der Waals surface area contributed by atoms with E-state index in [2.05, 4.69) is 26.4 Å². The lowest BCUT2D eigenvalue weighted by molar-refractivity contribution is 0.102. The molecule has 0 aliphatic rings. The van der Waals surface area contributed by atoms with Gasteiger partial charge in [-0.15, -0.1) is 11.3 Å². The van der Waals surface area contributed by atoms with Crippen molar-refractivity contribution < 1.29 is 4.79 Å². The third-order valence-electron chi connectivity index (χ3n) is 3.76. The third kappa shape index (κ3) is 3.01. The predicted octanol–water partition coefficient (Wildman–Crippen LogP) is 3.72. The van der Waals surface area contributed by atoms with Gasteiger partial charge >= 0.3 is 0 Å². The molecule has 0 fully saturated rings. The minimum Gasteiger partial charge on any atom is -0.298 e. The zero-order valence-electron chi connectivity index (χ0n) is 13.7. The molecule has 4 rings (SSSR count). The molecule has 1 N–H and O–H groups in total. The van der Waals surface area contributed by atoms with E-state index < -0.39 is 0 Å². The molecule has 7 heteroatoms. The first-order valence-corrected chi connectivity index (χ1v) is 8.57. The van der Waals surface area contributed by atoms with Crippen LogP contribution < -0.4 is 5.32 Å². The lowest BCUT2D eigenvalue weighted by Crippen LogP contribution is -2.13. The van der Waals surface area contributed by atoms with E-state index in [1.807, 2.05) is 38.2 Å². The number of anilines is 1. The van der Waals surface area contributed by atoms with Gasteiger partial charge in [0, 0.05) is 22.8 Å². The van der Waals surface area contributed by atoms with Crippen LogP contribution in [0, 0.1) is 13.8 Å². The van der Waals surface area contributed by atoms with Crippen molar-refractivity contribution in [3.8, 4) is 11.3 Å². The van der Waals surface area contributed by atoms with Crippen molar-refractivity contribution in [2.24, 2.45) is 0 Å². The Balaban J connectivity index is 1.73. The second-order valence-electron chi connectivity index (χ2n) is 5.74. The standard InChI is InChI=1S/C18H15N5OS/c1-11-4-3-5-13(8-11)15-10-23-16(21-15)14(6-7-20-23)17(24)22-18-19-9-12(2)25-18/h3-10H,1-2H3,(H,19,22,24). The maximum absolute atomic E-state index is 12.6. The minimum absolute atomic E-state index is 0.247. The Morgan fingerprint density at radius 2 is 2.12 bits per heavy atom. The molecule has 25 heavy (non-hydrogen) atoms. The summed E-state index contributed by atoms with van der Waals surface area (Å²) in [7, 11) is 0. The van der Waals surface area contributed by atoms with Crippen molar-refractivity contribution in [1.29, 1.82) is 0 Å². The van der Waals surface area contributed by atoms with Crippen LogP contribution in [-0.2, 0) is 0 Å². The van der Waals surface area contributed by atoms with E-state index in [9.17, 15) is 4.79 Å². The molecular formula is C18H15N5OS. The maximum Gasteiger partial charge on any atom is 0.261 e. The molecule has 0 unspecified atom stereocenters. The summed E-state index contributed by atoms with van der Waals surface area (Å²) in [6, 6.07) is 9.73. The number of fused-ring (bicyclic) bond motifs is 1. The molecule has 0 saturated heterocycles. The SMILES string of the molecule is Cc1cccc(-c2cn3nccc(C(=O)Nc4ncc(C)s4)c3n2)c1. The smallest absolute Gasteiger partial charge is 0.261 e. The van der Waals surface area contributed by atoms with Gasteiger partial charge in [0.2, 0.25) is 0 Å². The molecule has 0 aliphatic heterocycles. The van der Waals surface area contributed by atoms with Crippen LogP contribution in [0.5, 0.6) is 0 Å². The van der Waals surface area contributed by atoms with Gasteiger partial charge in [0.25, 0.3) is 5.91 Å². The van der Waals surface area contributed by atoms with Crippen LogP contribution in [0.4, 0.5) is 5.13 Å². The number of carbonyl (C=O) groups excluding carboxylic acids is 1. The number of hydrogen-bond acceptors (Lipinski definition) is 5. The summed E-state index contributed by atoms with van der Waals surface area (Å²) in [5.41, 5.74) is 3.90. The molecule has 0 spiro atoms. The largest absolute Gasteiger partial charge is 0.298 e. The van der Waals surface area contributed by atoms with E-state index in [0.29, 0.717) is 16.3 Å². The van der Waals surface area contributed by atoms with Gasteiger partial charge < -0.3 is 0 Å². The molecule has 0 bridgehead atoms. The molecular weight excluding hydrogens is 334 g/mol. The maximum atomic E-state index is 12.6. The number of nitrogens with zero attached hydrogens (tertiary/aromatic N) is 4. The minimum atomic E-state index is -0.247. The first-order valence-electron chi connectivity index (χ1n) is 7.75. The van der Waals surface area contributed by atoms with Gasteiger partial charge in [-0.1, -0.05) is 23.8 Å². The Bertz CT molecular complexity index is 1080. The molecule has 124 valence electrons. The summed E-state index contributed by atoms with van der Waals surface area (Å²) >= 11 is 1.43. The van der Waals surface area contributed by atoms with E-state index in [0.717, 1.165) is 21.7 Å². The summed E-state index contributed by atoms with van der Waals surface area (Å²) in [5.74, 6) is -0.247. The summed E-state index contributed by atoms with van der Waals surface area (Å²) < 4.78 is 1.62. The second kappa shape index (κ2) is 6.10. The van der Waals surface area contributed by atoms with Crippen LogP contribution in [0.25, 0.3) is 16.9 Å². The number of aromatic nitrogens is 4. The monoisotopic (exact) mass is 349 g/mol. The van der Waals surface area contributed by atoms with Gasteiger partial charge in [-0.3, -0.25) is 10.1 Å². The summed E-state index contributed by atoms with van der Waals surface area (Å²) in [6.45, 7) is 3.98. The Labute approximate surface area is 148 Å². The first kappa shape index (κ1) is 15.5. The van der Waals surface area contributed by atoms with E-state index >= 15 is 0 Å². The van der Waals surface area contributed by atoms with E-state index in [1.165, 1.54) is 11.3 Å². The zero-order chi connectivity index (χ0) is 17.4. The molecule has 4 aromatic rings. The number of imidazole rings is 1. The summed E-state index contributed by atoms with van der Waals surface area (Å²) in [6.07, 6.45) is 5.15. The highest BCUT2D eigenvalue weighted by molar-refractivity contribution is 7.15. The number of aryl methyl sites for hydroxylation is 2. The average Bonchev–Trinajstić information content (AvgIpc) is 3.20. The number of benzene rings is 1. The lowest BCUT2D eigenvalue weighted by Gasteiger charge is -2.02. The third-order valence-corrected chi connectivity index (χ3v) is 4.59. The second-order valence-corrected chi connectivity index (χ2v) is 6.97. The fraction of sp³-hybridized carbons (Fsp3) is 0.111. The zero-order valence-corrected chi connectivity index (χ0v) is 14.5. The number of carbonyl (C=O) groups is 1. The lowest BCUT2D eigenvalue weighted by atomic mass is 10.1. The molecule has 0 saturated carbocycles. The Morgan fingerprint density at radius 3 is 2.88 bits per heavy atom.